The Labute approximate surface area is 141 Å². The number of rotatable bonds is 4. The van der Waals surface area contributed by atoms with Crippen LogP contribution in [0.3, 0.4) is 0 Å². The zero-order chi connectivity index (χ0) is 17.6. The van der Waals surface area contributed by atoms with Crippen LogP contribution in [0, 0.1) is 5.92 Å². The molecular weight excluding hydrogens is 330 g/mol. The van der Waals surface area contributed by atoms with E-state index in [1.165, 1.54) is 0 Å². The molecule has 3 rings (SSSR count). The summed E-state index contributed by atoms with van der Waals surface area (Å²) in [6.07, 6.45) is 5.77. The Morgan fingerprint density at radius 2 is 2.08 bits per heavy atom. The molecule has 1 aromatic rings. The summed E-state index contributed by atoms with van der Waals surface area (Å²) in [4.78, 5) is 27.1. The molecule has 2 atom stereocenters. The molecule has 0 radical (unpaired) electrons. The van der Waals surface area contributed by atoms with E-state index in [-0.39, 0.29) is 5.91 Å². The Hall–Kier alpha value is -2.09. The van der Waals surface area contributed by atoms with E-state index in [1.54, 1.807) is 40.9 Å². The standard InChI is InChI=1S/C16H21N3O4S/c1-4-6-11-14-12(19(15(11)20)24(3,22)23)8-10-18(14)16(21)13-7-5-9-17(13)2/h5,7-9,11,14H,4,6,10H2,1-3H3/t11-,14-/m1/s1. The summed E-state index contributed by atoms with van der Waals surface area (Å²) in [5.74, 6) is -1.13. The summed E-state index contributed by atoms with van der Waals surface area (Å²) >= 11 is 0. The molecule has 2 amide bonds. The first-order valence-corrected chi connectivity index (χ1v) is 9.78. The number of aromatic nitrogens is 1. The lowest BCUT2D eigenvalue weighted by atomic mass is 9.96. The Balaban J connectivity index is 2.00. The van der Waals surface area contributed by atoms with Crippen LogP contribution in [0.4, 0.5) is 0 Å². The van der Waals surface area contributed by atoms with Gasteiger partial charge in [-0.1, -0.05) is 13.3 Å². The molecule has 3 heterocycles. The average Bonchev–Trinajstić information content (AvgIpc) is 3.14. The van der Waals surface area contributed by atoms with Crippen LogP contribution < -0.4 is 0 Å². The van der Waals surface area contributed by atoms with Gasteiger partial charge in [0.25, 0.3) is 5.91 Å². The number of hydrogen-bond donors (Lipinski definition) is 0. The van der Waals surface area contributed by atoms with Crippen LogP contribution in [0.2, 0.25) is 0 Å². The normalized spacial score (nSPS) is 23.6. The van der Waals surface area contributed by atoms with Crippen molar-refractivity contribution in [3.8, 4) is 0 Å². The second-order valence-electron chi connectivity index (χ2n) is 6.30. The van der Waals surface area contributed by atoms with E-state index in [1.807, 2.05) is 6.92 Å². The van der Waals surface area contributed by atoms with Crippen LogP contribution in [0.15, 0.2) is 30.1 Å². The van der Waals surface area contributed by atoms with Gasteiger partial charge in [-0.15, -0.1) is 0 Å². The van der Waals surface area contributed by atoms with Gasteiger partial charge in [-0.2, -0.15) is 0 Å². The van der Waals surface area contributed by atoms with Gasteiger partial charge in [0.2, 0.25) is 15.9 Å². The molecule has 8 heteroatoms. The number of sulfonamides is 1. The lowest BCUT2D eigenvalue weighted by Crippen LogP contribution is -2.41. The highest BCUT2D eigenvalue weighted by Crippen LogP contribution is 2.40. The first-order chi connectivity index (χ1) is 11.3. The maximum Gasteiger partial charge on any atom is 0.271 e. The monoisotopic (exact) mass is 351 g/mol. The first kappa shape index (κ1) is 16.8. The number of carbonyl (C=O) groups is 2. The van der Waals surface area contributed by atoms with Crippen molar-refractivity contribution in [2.24, 2.45) is 13.0 Å². The summed E-state index contributed by atoms with van der Waals surface area (Å²) in [7, 11) is -1.91. The highest BCUT2D eigenvalue weighted by molar-refractivity contribution is 7.89. The van der Waals surface area contributed by atoms with Crippen LogP contribution in [0.5, 0.6) is 0 Å². The molecule has 1 saturated heterocycles. The Bertz CT molecular complexity index is 824. The molecule has 2 aliphatic heterocycles. The maximum absolute atomic E-state index is 12.9. The molecule has 0 spiro atoms. The van der Waals surface area contributed by atoms with Crippen molar-refractivity contribution in [3.63, 3.8) is 0 Å². The lowest BCUT2D eigenvalue weighted by molar-refractivity contribution is -0.127. The van der Waals surface area contributed by atoms with E-state index < -0.39 is 27.9 Å². The molecule has 1 aromatic heterocycles. The molecule has 0 aliphatic carbocycles. The molecule has 24 heavy (non-hydrogen) atoms. The number of nitrogens with zero attached hydrogens (tertiary/aromatic N) is 3. The van der Waals surface area contributed by atoms with Crippen molar-refractivity contribution < 1.29 is 18.0 Å². The van der Waals surface area contributed by atoms with Crippen LogP contribution in [0.25, 0.3) is 0 Å². The molecule has 2 aliphatic rings. The summed E-state index contributed by atoms with van der Waals surface area (Å²) in [5, 5.41) is 0. The molecule has 130 valence electrons. The molecule has 0 unspecified atom stereocenters. The Morgan fingerprint density at radius 1 is 1.38 bits per heavy atom. The number of aryl methyl sites for hydroxylation is 1. The summed E-state index contributed by atoms with van der Waals surface area (Å²) in [6.45, 7) is 2.25. The van der Waals surface area contributed by atoms with Gasteiger partial charge in [0, 0.05) is 19.8 Å². The predicted molar refractivity (Wildman–Crippen MR) is 88.4 cm³/mol. The fraction of sp³-hybridized carbons (Fsp3) is 0.500. The van der Waals surface area contributed by atoms with Crippen molar-refractivity contribution in [1.82, 2.24) is 13.8 Å². The predicted octanol–water partition coefficient (Wildman–Crippen LogP) is 0.951. The number of fused-ring (bicyclic) bond motifs is 1. The van der Waals surface area contributed by atoms with E-state index in [9.17, 15) is 18.0 Å². The lowest BCUT2D eigenvalue weighted by Gasteiger charge is -2.27. The highest BCUT2D eigenvalue weighted by Gasteiger charge is 2.53. The summed E-state index contributed by atoms with van der Waals surface area (Å²) < 4.78 is 26.7. The fourth-order valence-electron chi connectivity index (χ4n) is 3.61. The van der Waals surface area contributed by atoms with Crippen molar-refractivity contribution >= 4 is 21.8 Å². The molecule has 1 fully saturated rings. The van der Waals surface area contributed by atoms with Crippen LogP contribution in [-0.2, 0) is 21.9 Å². The fourth-order valence-corrected chi connectivity index (χ4v) is 4.64. The van der Waals surface area contributed by atoms with Gasteiger partial charge in [0.15, 0.2) is 0 Å². The topological polar surface area (TPSA) is 79.7 Å². The van der Waals surface area contributed by atoms with Gasteiger partial charge in [-0.3, -0.25) is 9.59 Å². The minimum Gasteiger partial charge on any atom is -0.347 e. The minimum atomic E-state index is -3.70. The third-order valence-corrected chi connectivity index (χ3v) is 5.68. The van der Waals surface area contributed by atoms with Gasteiger partial charge in [-0.05, 0) is 24.6 Å². The van der Waals surface area contributed by atoms with Crippen molar-refractivity contribution in [2.45, 2.75) is 25.8 Å². The summed E-state index contributed by atoms with van der Waals surface area (Å²) in [5.41, 5.74) is 0.939. The van der Waals surface area contributed by atoms with Crippen molar-refractivity contribution in [1.29, 1.82) is 0 Å². The van der Waals surface area contributed by atoms with Crippen molar-refractivity contribution in [3.05, 3.63) is 35.8 Å². The third kappa shape index (κ3) is 2.45. The van der Waals surface area contributed by atoms with Gasteiger partial charge in [0.05, 0.1) is 23.9 Å². The second kappa shape index (κ2) is 5.77. The van der Waals surface area contributed by atoms with Crippen LogP contribution in [-0.4, -0.2) is 52.8 Å². The smallest absolute Gasteiger partial charge is 0.271 e. The number of hydrogen-bond acceptors (Lipinski definition) is 4. The third-order valence-electron chi connectivity index (χ3n) is 4.62. The van der Waals surface area contributed by atoms with E-state index >= 15 is 0 Å². The van der Waals surface area contributed by atoms with Crippen LogP contribution >= 0.6 is 0 Å². The van der Waals surface area contributed by atoms with Crippen LogP contribution in [0.1, 0.15) is 30.3 Å². The largest absolute Gasteiger partial charge is 0.347 e. The van der Waals surface area contributed by atoms with E-state index in [4.69, 9.17) is 0 Å². The van der Waals surface area contributed by atoms with Gasteiger partial charge in [-0.25, -0.2) is 12.7 Å². The van der Waals surface area contributed by atoms with E-state index in [2.05, 4.69) is 0 Å². The molecule has 0 bridgehead atoms. The van der Waals surface area contributed by atoms with E-state index in [0.29, 0.717) is 24.4 Å². The maximum atomic E-state index is 12.9. The number of carbonyl (C=O) groups excluding carboxylic acids is 2. The van der Waals surface area contributed by atoms with E-state index in [0.717, 1.165) is 17.0 Å². The highest BCUT2D eigenvalue weighted by atomic mass is 32.2. The zero-order valence-corrected chi connectivity index (χ0v) is 14.8. The summed E-state index contributed by atoms with van der Waals surface area (Å²) in [6, 6.07) is 3.00. The Kier molecular flexibility index (Phi) is 4.03. The SMILES string of the molecule is CCC[C@H]1C(=O)N(S(C)(=O)=O)C2=CCN(C(=O)c3cccn3C)[C@@H]21. The molecule has 0 saturated carbocycles. The first-order valence-electron chi connectivity index (χ1n) is 7.93. The number of amides is 2. The Morgan fingerprint density at radius 3 is 2.62 bits per heavy atom. The average molecular weight is 351 g/mol. The second-order valence-corrected chi connectivity index (χ2v) is 8.13. The van der Waals surface area contributed by atoms with Gasteiger partial charge in [0.1, 0.15) is 5.69 Å². The quantitative estimate of drug-likeness (QED) is 0.809. The molecule has 0 N–H and O–H groups in total. The van der Waals surface area contributed by atoms with Gasteiger partial charge >= 0.3 is 0 Å². The minimum absolute atomic E-state index is 0.192. The molecule has 0 aromatic carbocycles. The molecule has 7 nitrogen and oxygen atoms in total. The molecular formula is C16H21N3O4S. The van der Waals surface area contributed by atoms with Crippen molar-refractivity contribution in [2.75, 3.05) is 12.8 Å². The van der Waals surface area contributed by atoms with Gasteiger partial charge < -0.3 is 9.47 Å². The zero-order valence-electron chi connectivity index (χ0n) is 14.0.